The third-order valence-corrected chi connectivity index (χ3v) is 2.00. The second-order valence-corrected chi connectivity index (χ2v) is 3.05. The van der Waals surface area contributed by atoms with Crippen molar-refractivity contribution in [3.63, 3.8) is 0 Å². The molecule has 74 valence electrons. The van der Waals surface area contributed by atoms with E-state index in [0.29, 0.717) is 11.7 Å². The Bertz CT molecular complexity index is 279. The number of carbonyl (C=O) groups excluding carboxylic acids is 1. The first-order valence-corrected chi connectivity index (χ1v) is 4.13. The molecule has 0 aliphatic carbocycles. The lowest BCUT2D eigenvalue weighted by atomic mass is 10.6. The van der Waals surface area contributed by atoms with Gasteiger partial charge < -0.3 is 16.2 Å². The Labute approximate surface area is 85.5 Å². The van der Waals surface area contributed by atoms with Crippen LogP contribution in [0.15, 0.2) is 6.20 Å². The summed E-state index contributed by atoms with van der Waals surface area (Å²) in [6.07, 6.45) is 1.57. The van der Waals surface area contributed by atoms with Crippen molar-refractivity contribution in [1.82, 2.24) is 4.98 Å². The van der Waals surface area contributed by atoms with Gasteiger partial charge in [0.05, 0.1) is 6.54 Å². The average Bonchev–Trinajstić information content (AvgIpc) is 2.52. The van der Waals surface area contributed by atoms with Crippen LogP contribution in [-0.4, -0.2) is 17.5 Å². The Hall–Kier alpha value is -0.690. The number of rotatable bonds is 3. The SMILES string of the molecule is Cl.NCC(=O)Oc1ncc(CN)s1. The predicted octanol–water partition coefficient (Wildman–Crippen LogP) is -0.112. The van der Waals surface area contributed by atoms with Crippen molar-refractivity contribution in [2.75, 3.05) is 6.54 Å². The molecule has 1 aromatic rings. The number of thiazole rings is 1. The first-order valence-electron chi connectivity index (χ1n) is 3.31. The van der Waals surface area contributed by atoms with E-state index in [4.69, 9.17) is 16.2 Å². The van der Waals surface area contributed by atoms with Crippen molar-refractivity contribution in [3.8, 4) is 5.19 Å². The van der Waals surface area contributed by atoms with E-state index in [1.54, 1.807) is 6.20 Å². The summed E-state index contributed by atoms with van der Waals surface area (Å²) in [5.74, 6) is -0.493. The van der Waals surface area contributed by atoms with E-state index in [1.807, 2.05) is 0 Å². The highest BCUT2D eigenvalue weighted by molar-refractivity contribution is 7.13. The molecule has 0 aromatic carbocycles. The van der Waals surface area contributed by atoms with E-state index in [1.165, 1.54) is 11.3 Å². The van der Waals surface area contributed by atoms with E-state index in [0.717, 1.165) is 4.88 Å². The molecular formula is C6H10ClN3O2S. The van der Waals surface area contributed by atoms with E-state index in [9.17, 15) is 4.79 Å². The van der Waals surface area contributed by atoms with Gasteiger partial charge in [-0.2, -0.15) is 0 Å². The fourth-order valence-corrected chi connectivity index (χ4v) is 1.22. The van der Waals surface area contributed by atoms with E-state index in [-0.39, 0.29) is 19.0 Å². The standard InChI is InChI=1S/C6H9N3O2S.ClH/c7-1-4-3-9-6(12-4)11-5(10)2-8;/h3H,1-2,7-8H2;1H. The topological polar surface area (TPSA) is 91.2 Å². The summed E-state index contributed by atoms with van der Waals surface area (Å²) >= 11 is 1.24. The quantitative estimate of drug-likeness (QED) is 0.698. The Morgan fingerprint density at radius 3 is 2.77 bits per heavy atom. The summed E-state index contributed by atoms with van der Waals surface area (Å²) in [5.41, 5.74) is 10.4. The molecule has 0 aliphatic rings. The monoisotopic (exact) mass is 223 g/mol. The van der Waals surface area contributed by atoms with Crippen LogP contribution < -0.4 is 16.2 Å². The van der Waals surface area contributed by atoms with Gasteiger partial charge in [-0.05, 0) is 0 Å². The fourth-order valence-electron chi connectivity index (χ4n) is 0.570. The molecule has 0 atom stereocenters. The molecule has 13 heavy (non-hydrogen) atoms. The van der Waals surface area contributed by atoms with Crippen molar-refractivity contribution in [2.24, 2.45) is 11.5 Å². The normalized spacial score (nSPS) is 9.08. The number of ether oxygens (including phenoxy) is 1. The molecule has 0 saturated carbocycles. The Kier molecular flexibility index (Phi) is 5.56. The van der Waals surface area contributed by atoms with Gasteiger partial charge in [-0.3, -0.25) is 4.79 Å². The van der Waals surface area contributed by atoms with Crippen LogP contribution in [0, 0.1) is 0 Å². The number of nitrogens with zero attached hydrogens (tertiary/aromatic N) is 1. The summed E-state index contributed by atoms with van der Waals surface area (Å²) in [6.45, 7) is 0.259. The number of hydrogen-bond donors (Lipinski definition) is 2. The third kappa shape index (κ3) is 3.69. The molecule has 5 nitrogen and oxygen atoms in total. The first-order chi connectivity index (χ1) is 5.76. The van der Waals surface area contributed by atoms with Gasteiger partial charge in [0.2, 0.25) is 0 Å². The van der Waals surface area contributed by atoms with Gasteiger partial charge in [0.1, 0.15) is 0 Å². The van der Waals surface area contributed by atoms with Gasteiger partial charge >= 0.3 is 5.97 Å². The van der Waals surface area contributed by atoms with Crippen LogP contribution in [0.1, 0.15) is 4.88 Å². The van der Waals surface area contributed by atoms with Crippen molar-refractivity contribution in [1.29, 1.82) is 0 Å². The van der Waals surface area contributed by atoms with Gasteiger partial charge in [-0.15, -0.1) is 12.4 Å². The van der Waals surface area contributed by atoms with Crippen molar-refractivity contribution >= 4 is 29.7 Å². The lowest BCUT2D eigenvalue weighted by molar-refractivity contribution is -0.132. The zero-order valence-electron chi connectivity index (χ0n) is 6.73. The van der Waals surface area contributed by atoms with Crippen LogP contribution in [0.4, 0.5) is 0 Å². The van der Waals surface area contributed by atoms with E-state index in [2.05, 4.69) is 4.98 Å². The minimum absolute atomic E-state index is 0. The zero-order chi connectivity index (χ0) is 8.97. The molecule has 1 heterocycles. The second-order valence-electron chi connectivity index (χ2n) is 1.97. The predicted molar refractivity (Wildman–Crippen MR) is 51.9 cm³/mol. The number of nitrogens with two attached hydrogens (primary N) is 2. The molecule has 0 spiro atoms. The molecule has 0 amide bonds. The van der Waals surface area contributed by atoms with E-state index >= 15 is 0 Å². The molecule has 1 rings (SSSR count). The molecule has 1 aromatic heterocycles. The van der Waals surface area contributed by atoms with Crippen LogP contribution in [0.5, 0.6) is 5.19 Å². The highest BCUT2D eigenvalue weighted by atomic mass is 35.5. The molecule has 0 aliphatic heterocycles. The lowest BCUT2D eigenvalue weighted by Gasteiger charge is -1.94. The van der Waals surface area contributed by atoms with Gasteiger partial charge in [0.15, 0.2) is 0 Å². The number of halogens is 1. The number of esters is 1. The Morgan fingerprint density at radius 1 is 1.62 bits per heavy atom. The summed E-state index contributed by atoms with van der Waals surface area (Å²) in [4.78, 5) is 15.4. The van der Waals surface area contributed by atoms with Crippen LogP contribution >= 0.6 is 23.7 Å². The van der Waals surface area contributed by atoms with Gasteiger partial charge in [0, 0.05) is 17.6 Å². The highest BCUT2D eigenvalue weighted by Gasteiger charge is 2.05. The molecule has 4 N–H and O–H groups in total. The molecular weight excluding hydrogens is 214 g/mol. The Balaban J connectivity index is 0.00000144. The van der Waals surface area contributed by atoms with Gasteiger partial charge in [0.25, 0.3) is 5.19 Å². The highest BCUT2D eigenvalue weighted by Crippen LogP contribution is 2.19. The average molecular weight is 224 g/mol. The van der Waals surface area contributed by atoms with E-state index < -0.39 is 5.97 Å². The molecule has 0 radical (unpaired) electrons. The van der Waals surface area contributed by atoms with Gasteiger partial charge in [-0.25, -0.2) is 4.98 Å². The lowest BCUT2D eigenvalue weighted by Crippen LogP contribution is -2.19. The second kappa shape index (κ2) is 5.87. The van der Waals surface area contributed by atoms with Crippen LogP contribution in [0.3, 0.4) is 0 Å². The number of carbonyl (C=O) groups is 1. The van der Waals surface area contributed by atoms with Crippen molar-refractivity contribution in [3.05, 3.63) is 11.1 Å². The minimum Gasteiger partial charge on any atom is -0.397 e. The molecule has 7 heteroatoms. The molecule has 0 unspecified atom stereocenters. The van der Waals surface area contributed by atoms with Crippen LogP contribution in [0.25, 0.3) is 0 Å². The summed E-state index contributed by atoms with van der Waals surface area (Å²) in [7, 11) is 0. The smallest absolute Gasteiger partial charge is 0.327 e. The summed E-state index contributed by atoms with van der Waals surface area (Å²) in [5, 5.41) is 0.297. The minimum atomic E-state index is -0.493. The summed E-state index contributed by atoms with van der Waals surface area (Å²) < 4.78 is 4.73. The Morgan fingerprint density at radius 2 is 2.31 bits per heavy atom. The maximum absolute atomic E-state index is 10.7. The molecule has 0 fully saturated rings. The van der Waals surface area contributed by atoms with Crippen molar-refractivity contribution in [2.45, 2.75) is 6.54 Å². The zero-order valence-corrected chi connectivity index (χ0v) is 8.36. The molecule has 0 saturated heterocycles. The van der Waals surface area contributed by atoms with Crippen LogP contribution in [-0.2, 0) is 11.3 Å². The first kappa shape index (κ1) is 12.3. The maximum atomic E-state index is 10.7. The number of aromatic nitrogens is 1. The number of hydrogen-bond acceptors (Lipinski definition) is 6. The van der Waals surface area contributed by atoms with Crippen molar-refractivity contribution < 1.29 is 9.53 Å². The third-order valence-electron chi connectivity index (χ3n) is 1.10. The molecule has 0 bridgehead atoms. The summed E-state index contributed by atoms with van der Waals surface area (Å²) in [6, 6.07) is 0. The van der Waals surface area contributed by atoms with Gasteiger partial charge in [-0.1, -0.05) is 11.3 Å². The maximum Gasteiger partial charge on any atom is 0.327 e. The largest absolute Gasteiger partial charge is 0.397 e. The van der Waals surface area contributed by atoms with Crippen LogP contribution in [0.2, 0.25) is 0 Å². The fraction of sp³-hybridized carbons (Fsp3) is 0.333.